The fraction of sp³-hybridized carbons (Fsp3) is 0.562. The topological polar surface area (TPSA) is 85.8 Å². The van der Waals surface area contributed by atoms with Crippen LogP contribution < -0.4 is 16.4 Å². The Kier molecular flexibility index (Phi) is 7.86. The van der Waals surface area contributed by atoms with E-state index in [2.05, 4.69) is 20.2 Å². The summed E-state index contributed by atoms with van der Waals surface area (Å²) in [7, 11) is 1.53. The van der Waals surface area contributed by atoms with Crippen molar-refractivity contribution in [2.75, 3.05) is 38.2 Å². The van der Waals surface area contributed by atoms with Crippen LogP contribution in [0.4, 0.5) is 14.6 Å². The Morgan fingerprint density at radius 1 is 1.07 bits per heavy atom. The van der Waals surface area contributed by atoms with E-state index in [0.29, 0.717) is 67.9 Å². The smallest absolute Gasteiger partial charge is 0.291 e. The number of hydrogen-bond donors (Lipinski definition) is 1. The Balaban J connectivity index is 1.43. The Hall–Kier alpha value is -3.62. The lowest BCUT2D eigenvalue weighted by Crippen LogP contribution is -2.48. The van der Waals surface area contributed by atoms with Gasteiger partial charge in [-0.05, 0) is 56.3 Å². The molecule has 43 heavy (non-hydrogen) atoms. The van der Waals surface area contributed by atoms with Crippen LogP contribution in [-0.2, 0) is 29.8 Å². The van der Waals surface area contributed by atoms with Gasteiger partial charge in [0.1, 0.15) is 11.1 Å². The predicted octanol–water partition coefficient (Wildman–Crippen LogP) is 4.79. The van der Waals surface area contributed by atoms with E-state index in [0.717, 1.165) is 19.4 Å². The van der Waals surface area contributed by atoms with E-state index in [9.17, 15) is 9.59 Å². The molecule has 4 aliphatic rings. The molecule has 3 aliphatic heterocycles. The Bertz CT molecular complexity index is 1680. The minimum absolute atomic E-state index is 0.0153. The maximum Gasteiger partial charge on any atom is 0.291 e. The second-order valence-corrected chi connectivity index (χ2v) is 12.4. The second-order valence-electron chi connectivity index (χ2n) is 12.4. The molecule has 11 heteroatoms. The first-order valence-corrected chi connectivity index (χ1v) is 15.2. The van der Waals surface area contributed by atoms with Crippen molar-refractivity contribution >= 4 is 16.7 Å². The molecular weight excluding hydrogens is 554 g/mol. The zero-order valence-electron chi connectivity index (χ0n) is 24.7. The van der Waals surface area contributed by atoms with Crippen LogP contribution in [0.1, 0.15) is 68.2 Å². The van der Waals surface area contributed by atoms with Crippen molar-refractivity contribution in [2.24, 2.45) is 13.0 Å². The summed E-state index contributed by atoms with van der Waals surface area (Å²) in [5, 5.41) is 8.27. The van der Waals surface area contributed by atoms with Gasteiger partial charge < -0.3 is 24.4 Å². The predicted molar refractivity (Wildman–Crippen MR) is 160 cm³/mol. The maximum absolute atomic E-state index is 15.4. The number of halogens is 2. The Morgan fingerprint density at radius 2 is 1.84 bits per heavy atom. The zero-order valence-corrected chi connectivity index (χ0v) is 24.7. The number of ether oxygens (including phenoxy) is 1. The van der Waals surface area contributed by atoms with Crippen molar-refractivity contribution in [3.05, 3.63) is 79.1 Å². The molecule has 2 aromatic heterocycles. The minimum Gasteiger partial charge on any atom is -0.381 e. The lowest BCUT2D eigenvalue weighted by molar-refractivity contribution is -0.0570. The second kappa shape index (κ2) is 11.5. The minimum atomic E-state index is -2.96. The van der Waals surface area contributed by atoms with E-state index in [-0.39, 0.29) is 35.5 Å². The molecule has 0 amide bonds. The number of anilines is 1. The number of alkyl halides is 2. The molecule has 2 fully saturated rings. The highest BCUT2D eigenvalue weighted by Gasteiger charge is 2.55. The highest BCUT2D eigenvalue weighted by Crippen LogP contribution is 2.49. The van der Waals surface area contributed by atoms with Gasteiger partial charge in [0.05, 0.1) is 6.04 Å². The molecule has 1 aromatic carbocycles. The number of fused-ring (bicyclic) bond motifs is 9. The SMILES string of the molecule is [C-]#[N+]C1(c2cc3c4nn(C)c(=O)c3n(c2=O)CCCOCCCCN2CC(C2)CC(F)(F)c2cccc(c2)[C@@H](C)N4)CC1. The van der Waals surface area contributed by atoms with Crippen molar-refractivity contribution in [1.29, 1.82) is 0 Å². The molecular formula is C32H38F2N6O3. The Labute approximate surface area is 249 Å². The first-order chi connectivity index (χ1) is 20.6. The van der Waals surface area contributed by atoms with E-state index in [1.807, 2.05) is 6.92 Å². The summed E-state index contributed by atoms with van der Waals surface area (Å²) in [4.78, 5) is 33.3. The molecule has 0 radical (unpaired) electrons. The average molecular weight is 593 g/mol. The van der Waals surface area contributed by atoms with Crippen LogP contribution in [0.15, 0.2) is 39.9 Å². The van der Waals surface area contributed by atoms with Crippen LogP contribution in [-0.4, -0.2) is 52.1 Å². The zero-order chi connectivity index (χ0) is 30.4. The number of aromatic nitrogens is 3. The van der Waals surface area contributed by atoms with Gasteiger partial charge in [-0.3, -0.25) is 9.59 Å². The van der Waals surface area contributed by atoms with Gasteiger partial charge in [0.25, 0.3) is 22.6 Å². The van der Waals surface area contributed by atoms with Gasteiger partial charge in [-0.25, -0.2) is 20.0 Å². The summed E-state index contributed by atoms with van der Waals surface area (Å²) in [5.41, 5.74) is -0.434. The third-order valence-electron chi connectivity index (χ3n) is 9.15. The van der Waals surface area contributed by atoms with Gasteiger partial charge in [0, 0.05) is 70.1 Å². The van der Waals surface area contributed by atoms with E-state index in [4.69, 9.17) is 11.3 Å². The lowest BCUT2D eigenvalue weighted by Gasteiger charge is -2.41. The average Bonchev–Trinajstić information content (AvgIpc) is 3.76. The molecule has 1 saturated heterocycles. The summed E-state index contributed by atoms with van der Waals surface area (Å²) < 4.78 is 39.4. The molecule has 1 aliphatic carbocycles. The molecule has 7 rings (SSSR count). The van der Waals surface area contributed by atoms with Crippen LogP contribution in [0.25, 0.3) is 15.7 Å². The summed E-state index contributed by atoms with van der Waals surface area (Å²) >= 11 is 0. The molecule has 1 saturated carbocycles. The molecule has 3 aromatic rings. The van der Waals surface area contributed by atoms with Gasteiger partial charge >= 0.3 is 0 Å². The Morgan fingerprint density at radius 3 is 2.58 bits per heavy atom. The third-order valence-corrected chi connectivity index (χ3v) is 9.15. The van der Waals surface area contributed by atoms with E-state index in [1.165, 1.54) is 22.4 Å². The molecule has 1 N–H and O–H groups in total. The van der Waals surface area contributed by atoms with Gasteiger partial charge in [0.15, 0.2) is 5.82 Å². The van der Waals surface area contributed by atoms with Crippen molar-refractivity contribution in [2.45, 2.75) is 69.5 Å². The van der Waals surface area contributed by atoms with Crippen molar-refractivity contribution in [1.82, 2.24) is 19.2 Å². The monoisotopic (exact) mass is 592 g/mol. The van der Waals surface area contributed by atoms with Crippen LogP contribution in [0, 0.1) is 12.5 Å². The highest BCUT2D eigenvalue weighted by molar-refractivity contribution is 5.89. The van der Waals surface area contributed by atoms with Gasteiger partial charge in [-0.1, -0.05) is 18.2 Å². The largest absolute Gasteiger partial charge is 0.381 e. The normalized spacial score (nSPS) is 25.4. The fourth-order valence-corrected chi connectivity index (χ4v) is 6.45. The standard InChI is InChI=1S/C32H38F2N6O3/c1-21-23-8-6-9-24(16-23)32(33,34)18-22-19-39(20-22)12-4-5-14-43-15-7-13-40-27-25(28(36-21)37-38(3)30(27)42)17-26(29(40)41)31(35-2)10-11-31/h6,8-9,16-17,21-22H,4-5,7,10-15,18-20H2,1,3H3,(H,36,37)/t21-/m1/s1. The summed E-state index contributed by atoms with van der Waals surface area (Å²) in [5.74, 6) is -2.64. The van der Waals surface area contributed by atoms with Crippen LogP contribution in [0.2, 0.25) is 0 Å². The van der Waals surface area contributed by atoms with Crippen LogP contribution in [0.5, 0.6) is 0 Å². The van der Waals surface area contributed by atoms with E-state index < -0.39 is 23.1 Å². The fourth-order valence-electron chi connectivity index (χ4n) is 6.45. The molecule has 0 spiro atoms. The first kappa shape index (κ1) is 29.5. The molecule has 5 heterocycles. The maximum atomic E-state index is 15.4. The van der Waals surface area contributed by atoms with Gasteiger partial charge in [0.2, 0.25) is 0 Å². The van der Waals surface area contributed by atoms with Crippen molar-refractivity contribution in [3.63, 3.8) is 0 Å². The third kappa shape index (κ3) is 5.70. The summed E-state index contributed by atoms with van der Waals surface area (Å²) in [6.45, 7) is 13.1. The number of rotatable bonds is 1. The van der Waals surface area contributed by atoms with Crippen LogP contribution in [0.3, 0.4) is 0 Å². The quantitative estimate of drug-likeness (QED) is 0.409. The van der Waals surface area contributed by atoms with Crippen LogP contribution >= 0.6 is 0 Å². The molecule has 0 unspecified atom stereocenters. The number of nitrogens with zero attached hydrogens (tertiary/aromatic N) is 5. The number of pyridine rings is 1. The number of hydrogen-bond acceptors (Lipinski definition) is 6. The van der Waals surface area contributed by atoms with E-state index >= 15 is 8.78 Å². The van der Waals surface area contributed by atoms with E-state index in [1.54, 1.807) is 24.3 Å². The number of aryl methyl sites for hydroxylation is 2. The van der Waals surface area contributed by atoms with Gasteiger partial charge in [-0.15, -0.1) is 0 Å². The summed E-state index contributed by atoms with van der Waals surface area (Å²) in [6, 6.07) is 7.68. The number of benzene rings is 1. The highest BCUT2D eigenvalue weighted by atomic mass is 19.3. The summed E-state index contributed by atoms with van der Waals surface area (Å²) in [6.07, 6.45) is 3.28. The first-order valence-electron chi connectivity index (χ1n) is 15.2. The van der Waals surface area contributed by atoms with Crippen molar-refractivity contribution in [3.8, 4) is 0 Å². The van der Waals surface area contributed by atoms with Crippen molar-refractivity contribution < 1.29 is 13.5 Å². The molecule has 9 nitrogen and oxygen atoms in total. The van der Waals surface area contributed by atoms with Gasteiger partial charge in [-0.2, -0.15) is 5.10 Å². The molecule has 228 valence electrons. The number of nitrogens with one attached hydrogen (secondary N) is 1. The molecule has 8 bridgehead atoms. The molecule has 1 atom stereocenters. The lowest BCUT2D eigenvalue weighted by atomic mass is 9.89.